The number of nitrogens with zero attached hydrogens (tertiary/aromatic N) is 1. The Morgan fingerprint density at radius 2 is 2.17 bits per heavy atom. The molecule has 1 fully saturated rings. The molecule has 1 aromatic carbocycles. The molecule has 0 unspecified atom stereocenters. The number of alkyl halides is 1. The predicted octanol–water partition coefficient (Wildman–Crippen LogP) is 4.92. The molecule has 0 N–H and O–H groups in total. The summed E-state index contributed by atoms with van der Waals surface area (Å²) in [7, 11) is 0. The highest BCUT2D eigenvalue weighted by Crippen LogP contribution is 2.45. The van der Waals surface area contributed by atoms with Crippen molar-refractivity contribution in [3.63, 3.8) is 0 Å². The van der Waals surface area contributed by atoms with Crippen molar-refractivity contribution in [2.24, 2.45) is 0 Å². The first-order valence-corrected chi connectivity index (χ1v) is 6.93. The highest BCUT2D eigenvalue weighted by molar-refractivity contribution is 6.33. The van der Waals surface area contributed by atoms with Gasteiger partial charge in [0.1, 0.15) is 11.5 Å². The molecule has 3 rings (SSSR count). The molecule has 1 heterocycles. The lowest BCUT2D eigenvalue weighted by molar-refractivity contribution is 0.385. The number of rotatable bonds is 3. The van der Waals surface area contributed by atoms with Gasteiger partial charge in [0.2, 0.25) is 0 Å². The Balaban J connectivity index is 2.16. The number of benzene rings is 1. The molecule has 0 saturated heterocycles. The summed E-state index contributed by atoms with van der Waals surface area (Å²) >= 11 is 12.3. The molecule has 0 bridgehead atoms. The number of aryl methyl sites for hydroxylation is 1. The predicted molar refractivity (Wildman–Crippen MR) is 73.2 cm³/mol. The van der Waals surface area contributed by atoms with Gasteiger partial charge in [-0.1, -0.05) is 28.9 Å². The van der Waals surface area contributed by atoms with Gasteiger partial charge in [-0.15, -0.1) is 11.6 Å². The van der Waals surface area contributed by atoms with Crippen molar-refractivity contribution in [2.45, 2.75) is 31.6 Å². The van der Waals surface area contributed by atoms with Gasteiger partial charge >= 0.3 is 0 Å². The van der Waals surface area contributed by atoms with E-state index in [1.54, 1.807) is 0 Å². The maximum atomic E-state index is 6.27. The van der Waals surface area contributed by atoms with Gasteiger partial charge < -0.3 is 4.52 Å². The second-order valence-electron chi connectivity index (χ2n) is 4.71. The Morgan fingerprint density at radius 3 is 2.78 bits per heavy atom. The SMILES string of the molecule is Cc1cccc(Cl)c1-c1noc(C2CC2)c1CCl. The molecule has 1 aliphatic carbocycles. The molecule has 94 valence electrons. The Kier molecular flexibility index (Phi) is 3.08. The molecule has 1 aromatic heterocycles. The minimum absolute atomic E-state index is 0.412. The largest absolute Gasteiger partial charge is 0.360 e. The second-order valence-corrected chi connectivity index (χ2v) is 5.39. The number of hydrogen-bond donors (Lipinski definition) is 0. The van der Waals surface area contributed by atoms with Crippen molar-refractivity contribution in [1.29, 1.82) is 0 Å². The molecule has 0 atom stereocenters. The van der Waals surface area contributed by atoms with Crippen LogP contribution in [-0.2, 0) is 5.88 Å². The molecule has 18 heavy (non-hydrogen) atoms. The van der Waals surface area contributed by atoms with E-state index in [1.807, 2.05) is 25.1 Å². The van der Waals surface area contributed by atoms with Crippen molar-refractivity contribution < 1.29 is 4.52 Å². The first-order valence-electron chi connectivity index (χ1n) is 6.02. The van der Waals surface area contributed by atoms with Crippen LogP contribution in [0.4, 0.5) is 0 Å². The summed E-state index contributed by atoms with van der Waals surface area (Å²) in [6, 6.07) is 5.82. The monoisotopic (exact) mass is 281 g/mol. The lowest BCUT2D eigenvalue weighted by atomic mass is 10.0. The smallest absolute Gasteiger partial charge is 0.144 e. The third-order valence-corrected chi connectivity index (χ3v) is 3.94. The van der Waals surface area contributed by atoms with Gasteiger partial charge in [0.05, 0.1) is 10.9 Å². The Morgan fingerprint density at radius 1 is 1.39 bits per heavy atom. The van der Waals surface area contributed by atoms with Crippen LogP contribution >= 0.6 is 23.2 Å². The fourth-order valence-corrected chi connectivity index (χ4v) is 2.82. The number of halogens is 2. The third kappa shape index (κ3) is 1.94. The summed E-state index contributed by atoms with van der Waals surface area (Å²) in [5.41, 5.74) is 3.82. The quantitative estimate of drug-likeness (QED) is 0.747. The van der Waals surface area contributed by atoms with Crippen LogP contribution < -0.4 is 0 Å². The maximum Gasteiger partial charge on any atom is 0.144 e. The minimum atomic E-state index is 0.412. The normalized spacial score (nSPS) is 15.1. The summed E-state index contributed by atoms with van der Waals surface area (Å²) in [6.45, 7) is 2.02. The number of aromatic nitrogens is 1. The van der Waals surface area contributed by atoms with E-state index in [9.17, 15) is 0 Å². The van der Waals surface area contributed by atoms with Crippen molar-refractivity contribution in [3.8, 4) is 11.3 Å². The highest BCUT2D eigenvalue weighted by atomic mass is 35.5. The van der Waals surface area contributed by atoms with Crippen LogP contribution in [-0.4, -0.2) is 5.16 Å². The van der Waals surface area contributed by atoms with Gasteiger partial charge in [-0.3, -0.25) is 0 Å². The van der Waals surface area contributed by atoms with Gasteiger partial charge in [-0.05, 0) is 31.4 Å². The van der Waals surface area contributed by atoms with E-state index in [-0.39, 0.29) is 0 Å². The van der Waals surface area contributed by atoms with Gasteiger partial charge in [-0.25, -0.2) is 0 Å². The molecule has 0 spiro atoms. The topological polar surface area (TPSA) is 26.0 Å². The molecule has 1 saturated carbocycles. The van der Waals surface area contributed by atoms with Crippen LogP contribution in [0.2, 0.25) is 5.02 Å². The van der Waals surface area contributed by atoms with E-state index in [0.717, 1.165) is 28.1 Å². The van der Waals surface area contributed by atoms with E-state index < -0.39 is 0 Å². The Labute approximate surface area is 116 Å². The summed E-state index contributed by atoms with van der Waals surface area (Å²) < 4.78 is 5.48. The second kappa shape index (κ2) is 4.60. The van der Waals surface area contributed by atoms with Crippen LogP contribution in [0.25, 0.3) is 11.3 Å². The first-order chi connectivity index (χ1) is 8.72. The maximum absolute atomic E-state index is 6.27. The van der Waals surface area contributed by atoms with E-state index in [1.165, 1.54) is 12.8 Å². The zero-order valence-corrected chi connectivity index (χ0v) is 11.6. The molecular weight excluding hydrogens is 269 g/mol. The van der Waals surface area contributed by atoms with Gasteiger partial charge in [0.25, 0.3) is 0 Å². The van der Waals surface area contributed by atoms with Crippen LogP contribution in [0.1, 0.15) is 35.6 Å². The van der Waals surface area contributed by atoms with Crippen molar-refractivity contribution in [2.75, 3.05) is 0 Å². The summed E-state index contributed by atoms with van der Waals surface area (Å²) in [6.07, 6.45) is 2.33. The van der Waals surface area contributed by atoms with Crippen molar-refractivity contribution >= 4 is 23.2 Å². The van der Waals surface area contributed by atoms with Crippen LogP contribution in [0.5, 0.6) is 0 Å². The number of hydrogen-bond acceptors (Lipinski definition) is 2. The van der Waals surface area contributed by atoms with Crippen LogP contribution in [0.3, 0.4) is 0 Å². The molecule has 2 nitrogen and oxygen atoms in total. The zero-order chi connectivity index (χ0) is 12.7. The van der Waals surface area contributed by atoms with Gasteiger partial charge in [0, 0.05) is 17.0 Å². The summed E-state index contributed by atoms with van der Waals surface area (Å²) in [5.74, 6) is 1.86. The summed E-state index contributed by atoms with van der Waals surface area (Å²) in [5, 5.41) is 4.89. The average molecular weight is 282 g/mol. The Bertz CT molecular complexity index is 567. The van der Waals surface area contributed by atoms with Crippen LogP contribution in [0.15, 0.2) is 22.7 Å². The molecule has 0 amide bonds. The molecule has 1 aliphatic rings. The fourth-order valence-electron chi connectivity index (χ4n) is 2.25. The van der Waals surface area contributed by atoms with E-state index in [4.69, 9.17) is 27.7 Å². The molecule has 0 radical (unpaired) electrons. The van der Waals surface area contributed by atoms with Crippen molar-refractivity contribution in [1.82, 2.24) is 5.16 Å². The van der Waals surface area contributed by atoms with E-state index >= 15 is 0 Å². The molecular formula is C14H13Cl2NO. The van der Waals surface area contributed by atoms with E-state index in [0.29, 0.717) is 16.8 Å². The molecule has 0 aliphatic heterocycles. The minimum Gasteiger partial charge on any atom is -0.360 e. The molecule has 4 heteroatoms. The highest BCUT2D eigenvalue weighted by Gasteiger charge is 2.32. The third-order valence-electron chi connectivity index (χ3n) is 3.36. The molecule has 2 aromatic rings. The van der Waals surface area contributed by atoms with Crippen molar-refractivity contribution in [3.05, 3.63) is 40.1 Å². The lowest BCUT2D eigenvalue weighted by Gasteiger charge is -2.06. The zero-order valence-electron chi connectivity index (χ0n) is 10.0. The van der Waals surface area contributed by atoms with Crippen LogP contribution in [0, 0.1) is 6.92 Å². The Hall–Kier alpha value is -0.990. The average Bonchev–Trinajstić information content (AvgIpc) is 3.10. The standard InChI is InChI=1S/C14H13Cl2NO/c1-8-3-2-4-11(16)12(8)13-10(7-15)14(18-17-13)9-5-6-9/h2-4,9H,5-7H2,1H3. The van der Waals surface area contributed by atoms with Gasteiger partial charge in [0.15, 0.2) is 0 Å². The summed E-state index contributed by atoms with van der Waals surface area (Å²) in [4.78, 5) is 0. The van der Waals surface area contributed by atoms with Gasteiger partial charge in [-0.2, -0.15) is 0 Å². The fraction of sp³-hybridized carbons (Fsp3) is 0.357. The first kappa shape index (κ1) is 12.1. The lowest BCUT2D eigenvalue weighted by Crippen LogP contribution is -1.90. The van der Waals surface area contributed by atoms with E-state index in [2.05, 4.69) is 5.16 Å².